The zero-order chi connectivity index (χ0) is 20.3. The van der Waals surface area contributed by atoms with Crippen LogP contribution in [0.2, 0.25) is 0 Å². The summed E-state index contributed by atoms with van der Waals surface area (Å²) in [5.41, 5.74) is 5.17. The second kappa shape index (κ2) is 8.72. The molecule has 28 heavy (non-hydrogen) atoms. The van der Waals surface area contributed by atoms with Gasteiger partial charge in [0, 0.05) is 23.7 Å². The standard InChI is InChI=1S/C24H28FNO2/c1-4-19(27)15-20(28)12-13-21-23(16(2)3)22-7-5-6-14-26(22)24(21)17-8-10-18(25)11-9-17/h5-14,16,19-20,27-28H,4,15H2,1-3H3. The van der Waals surface area contributed by atoms with E-state index in [2.05, 4.69) is 24.3 Å². The molecular formula is C24H28FNO2. The van der Waals surface area contributed by atoms with Gasteiger partial charge in [-0.3, -0.25) is 0 Å². The molecule has 0 saturated heterocycles. The minimum absolute atomic E-state index is 0.268. The Balaban J connectivity index is 2.17. The quantitative estimate of drug-likeness (QED) is 0.575. The van der Waals surface area contributed by atoms with Crippen molar-refractivity contribution in [1.29, 1.82) is 0 Å². The minimum atomic E-state index is -0.723. The number of halogens is 1. The number of fused-ring (bicyclic) bond motifs is 1. The molecule has 0 amide bonds. The summed E-state index contributed by atoms with van der Waals surface area (Å²) in [6.45, 7) is 6.18. The van der Waals surface area contributed by atoms with E-state index < -0.39 is 12.2 Å². The summed E-state index contributed by atoms with van der Waals surface area (Å²) in [6.07, 6.45) is 5.37. The van der Waals surface area contributed by atoms with Gasteiger partial charge in [-0.1, -0.05) is 39.0 Å². The van der Waals surface area contributed by atoms with Crippen LogP contribution in [0.25, 0.3) is 22.9 Å². The Labute approximate surface area is 165 Å². The fraction of sp³-hybridized carbons (Fsp3) is 0.333. The molecule has 2 N–H and O–H groups in total. The maximum absolute atomic E-state index is 13.5. The number of rotatable bonds is 7. The lowest BCUT2D eigenvalue weighted by Gasteiger charge is -2.11. The van der Waals surface area contributed by atoms with Gasteiger partial charge in [-0.25, -0.2) is 4.39 Å². The third-order valence-electron chi connectivity index (χ3n) is 5.09. The van der Waals surface area contributed by atoms with E-state index in [0.717, 1.165) is 22.3 Å². The van der Waals surface area contributed by atoms with Gasteiger partial charge in [-0.15, -0.1) is 0 Å². The van der Waals surface area contributed by atoms with Crippen LogP contribution < -0.4 is 0 Å². The van der Waals surface area contributed by atoms with E-state index >= 15 is 0 Å². The molecular weight excluding hydrogens is 353 g/mol. The van der Waals surface area contributed by atoms with Gasteiger partial charge in [0.1, 0.15) is 5.82 Å². The van der Waals surface area contributed by atoms with Crippen molar-refractivity contribution in [2.24, 2.45) is 0 Å². The summed E-state index contributed by atoms with van der Waals surface area (Å²) >= 11 is 0. The van der Waals surface area contributed by atoms with Gasteiger partial charge in [0.25, 0.3) is 0 Å². The normalized spacial score (nSPS) is 14.2. The summed E-state index contributed by atoms with van der Waals surface area (Å²) < 4.78 is 15.6. The van der Waals surface area contributed by atoms with Gasteiger partial charge in [-0.2, -0.15) is 0 Å². The maximum Gasteiger partial charge on any atom is 0.123 e. The molecule has 3 nitrogen and oxygen atoms in total. The van der Waals surface area contributed by atoms with E-state index in [-0.39, 0.29) is 11.7 Å². The average Bonchev–Trinajstić information content (AvgIpc) is 3.01. The van der Waals surface area contributed by atoms with Crippen LogP contribution in [0.1, 0.15) is 50.7 Å². The van der Waals surface area contributed by atoms with Crippen molar-refractivity contribution in [3.63, 3.8) is 0 Å². The Bertz CT molecular complexity index is 957. The van der Waals surface area contributed by atoms with E-state index in [4.69, 9.17) is 0 Å². The zero-order valence-corrected chi connectivity index (χ0v) is 16.6. The third kappa shape index (κ3) is 4.18. The van der Waals surface area contributed by atoms with Crippen LogP contribution in [0.3, 0.4) is 0 Å². The molecule has 0 aliphatic carbocycles. The highest BCUT2D eigenvalue weighted by Gasteiger charge is 2.20. The highest BCUT2D eigenvalue weighted by Crippen LogP contribution is 2.37. The van der Waals surface area contributed by atoms with E-state index in [9.17, 15) is 14.6 Å². The molecule has 2 atom stereocenters. The fourth-order valence-corrected chi connectivity index (χ4v) is 3.66. The van der Waals surface area contributed by atoms with Crippen LogP contribution in [0.5, 0.6) is 0 Å². The van der Waals surface area contributed by atoms with E-state index in [1.54, 1.807) is 18.2 Å². The molecule has 4 heteroatoms. The first-order valence-corrected chi connectivity index (χ1v) is 9.85. The number of hydrogen-bond donors (Lipinski definition) is 2. The van der Waals surface area contributed by atoms with Crippen molar-refractivity contribution in [1.82, 2.24) is 4.40 Å². The fourth-order valence-electron chi connectivity index (χ4n) is 3.66. The topological polar surface area (TPSA) is 44.9 Å². The molecule has 2 heterocycles. The second-order valence-electron chi connectivity index (χ2n) is 7.52. The number of aliphatic hydroxyl groups excluding tert-OH is 2. The number of pyridine rings is 1. The monoisotopic (exact) mass is 381 g/mol. The molecule has 1 aromatic carbocycles. The summed E-state index contributed by atoms with van der Waals surface area (Å²) in [5.74, 6) is -0.000569. The first kappa shape index (κ1) is 20.3. The zero-order valence-electron chi connectivity index (χ0n) is 16.6. The van der Waals surface area contributed by atoms with Gasteiger partial charge < -0.3 is 14.6 Å². The molecule has 0 radical (unpaired) electrons. The minimum Gasteiger partial charge on any atom is -0.393 e. The molecule has 3 aromatic rings. The molecule has 148 valence electrons. The lowest BCUT2D eigenvalue weighted by Crippen LogP contribution is -2.14. The van der Waals surface area contributed by atoms with Crippen molar-refractivity contribution in [2.45, 2.75) is 51.7 Å². The predicted octanol–water partition coefficient (Wildman–Crippen LogP) is 5.40. The highest BCUT2D eigenvalue weighted by atomic mass is 19.1. The smallest absolute Gasteiger partial charge is 0.123 e. The van der Waals surface area contributed by atoms with Crippen LogP contribution in [-0.2, 0) is 0 Å². The summed E-state index contributed by atoms with van der Waals surface area (Å²) in [4.78, 5) is 0. The van der Waals surface area contributed by atoms with E-state index in [1.165, 1.54) is 17.7 Å². The Hall–Kier alpha value is -2.43. The molecule has 2 unspecified atom stereocenters. The number of benzene rings is 1. The molecule has 0 bridgehead atoms. The van der Waals surface area contributed by atoms with Crippen molar-refractivity contribution < 1.29 is 14.6 Å². The first-order valence-electron chi connectivity index (χ1n) is 9.85. The lowest BCUT2D eigenvalue weighted by atomic mass is 9.95. The molecule has 3 rings (SSSR count). The van der Waals surface area contributed by atoms with Crippen molar-refractivity contribution in [3.8, 4) is 11.3 Å². The third-order valence-corrected chi connectivity index (χ3v) is 5.09. The predicted molar refractivity (Wildman–Crippen MR) is 113 cm³/mol. The Morgan fingerprint density at radius 1 is 1.07 bits per heavy atom. The van der Waals surface area contributed by atoms with Crippen LogP contribution in [0.15, 0.2) is 54.7 Å². The largest absolute Gasteiger partial charge is 0.393 e. The molecule has 0 aliphatic heterocycles. The van der Waals surface area contributed by atoms with Crippen LogP contribution >= 0.6 is 0 Å². The van der Waals surface area contributed by atoms with Gasteiger partial charge >= 0.3 is 0 Å². The van der Waals surface area contributed by atoms with Gasteiger partial charge in [0.15, 0.2) is 0 Å². The van der Waals surface area contributed by atoms with Crippen molar-refractivity contribution in [2.75, 3.05) is 0 Å². The highest BCUT2D eigenvalue weighted by molar-refractivity contribution is 5.83. The summed E-state index contributed by atoms with van der Waals surface area (Å²) in [6, 6.07) is 12.6. The van der Waals surface area contributed by atoms with Crippen molar-refractivity contribution >= 4 is 11.6 Å². The molecule has 0 aliphatic rings. The molecule has 0 spiro atoms. The maximum atomic E-state index is 13.5. The summed E-state index contributed by atoms with van der Waals surface area (Å²) in [5, 5.41) is 20.1. The number of aromatic nitrogens is 1. The Morgan fingerprint density at radius 3 is 2.43 bits per heavy atom. The van der Waals surface area contributed by atoms with Gasteiger partial charge in [0.2, 0.25) is 0 Å². The van der Waals surface area contributed by atoms with Gasteiger partial charge in [0.05, 0.1) is 17.9 Å². The Morgan fingerprint density at radius 2 is 1.79 bits per heavy atom. The SMILES string of the molecule is CCC(O)CC(O)C=Cc1c(C(C)C)c2ccccn2c1-c1ccc(F)cc1. The van der Waals surface area contributed by atoms with Crippen LogP contribution in [-0.4, -0.2) is 26.8 Å². The van der Waals surface area contributed by atoms with Crippen LogP contribution in [0, 0.1) is 5.82 Å². The lowest BCUT2D eigenvalue weighted by molar-refractivity contribution is 0.102. The number of nitrogens with zero attached hydrogens (tertiary/aromatic N) is 1. The van der Waals surface area contributed by atoms with Gasteiger partial charge in [-0.05, 0) is 59.9 Å². The van der Waals surface area contributed by atoms with E-state index in [0.29, 0.717) is 12.8 Å². The number of hydrogen-bond acceptors (Lipinski definition) is 2. The second-order valence-corrected chi connectivity index (χ2v) is 7.52. The molecule has 2 aromatic heterocycles. The van der Waals surface area contributed by atoms with Crippen molar-refractivity contribution in [3.05, 3.63) is 71.7 Å². The first-order chi connectivity index (χ1) is 13.4. The van der Waals surface area contributed by atoms with Crippen LogP contribution in [0.4, 0.5) is 4.39 Å². The Kier molecular flexibility index (Phi) is 6.32. The summed E-state index contributed by atoms with van der Waals surface area (Å²) in [7, 11) is 0. The average molecular weight is 381 g/mol. The van der Waals surface area contributed by atoms with E-state index in [1.807, 2.05) is 31.3 Å². The molecule has 0 fully saturated rings. The molecule has 0 saturated carbocycles. The number of aliphatic hydroxyl groups is 2.